The van der Waals surface area contributed by atoms with Crippen LogP contribution in [0.3, 0.4) is 0 Å². The highest BCUT2D eigenvalue weighted by Gasteiger charge is 2.22. The van der Waals surface area contributed by atoms with Gasteiger partial charge in [-0.05, 0) is 56.6 Å². The van der Waals surface area contributed by atoms with Crippen LogP contribution < -0.4 is 0 Å². The second kappa shape index (κ2) is 7.59. The second-order valence-corrected chi connectivity index (χ2v) is 6.46. The number of hydrogen-bond donors (Lipinski definition) is 0. The predicted molar refractivity (Wildman–Crippen MR) is 90.3 cm³/mol. The van der Waals surface area contributed by atoms with Gasteiger partial charge in [-0.2, -0.15) is 0 Å². The summed E-state index contributed by atoms with van der Waals surface area (Å²) in [5, 5.41) is 0. The first-order chi connectivity index (χ1) is 10.1. The van der Waals surface area contributed by atoms with Crippen LogP contribution in [0.4, 0.5) is 0 Å². The number of benzene rings is 1. The molecule has 0 radical (unpaired) electrons. The van der Waals surface area contributed by atoms with Gasteiger partial charge >= 0.3 is 0 Å². The van der Waals surface area contributed by atoms with E-state index < -0.39 is 0 Å². The molecule has 0 saturated heterocycles. The van der Waals surface area contributed by atoms with Gasteiger partial charge in [0.2, 0.25) is 0 Å². The van der Waals surface area contributed by atoms with E-state index in [1.54, 1.807) is 0 Å². The molecule has 1 aliphatic rings. The largest absolute Gasteiger partial charge is 0.300 e. The van der Waals surface area contributed by atoms with Crippen LogP contribution in [0, 0.1) is 12.8 Å². The van der Waals surface area contributed by atoms with E-state index in [1.807, 2.05) is 0 Å². The number of rotatable bonds is 5. The maximum absolute atomic E-state index is 11.8. The Hall–Kier alpha value is -1.37. The van der Waals surface area contributed by atoms with Gasteiger partial charge < -0.3 is 0 Å². The molecule has 1 nitrogen and oxygen atoms in total. The molecule has 0 heterocycles. The number of aryl methyl sites for hydroxylation is 1. The first-order valence-electron chi connectivity index (χ1n) is 8.40. The summed E-state index contributed by atoms with van der Waals surface area (Å²) in [6.45, 7) is 6.63. The molecule has 0 aliphatic heterocycles. The molecule has 0 amide bonds. The van der Waals surface area contributed by atoms with E-state index in [2.05, 4.69) is 45.0 Å². The van der Waals surface area contributed by atoms with Gasteiger partial charge in [-0.25, -0.2) is 0 Å². The van der Waals surface area contributed by atoms with Crippen LogP contribution >= 0.6 is 0 Å². The predicted octanol–water partition coefficient (Wildman–Crippen LogP) is 5.72. The zero-order valence-corrected chi connectivity index (χ0v) is 13.7. The summed E-state index contributed by atoms with van der Waals surface area (Å²) in [6.07, 6.45) is 7.37. The molecule has 1 aromatic carbocycles. The van der Waals surface area contributed by atoms with Crippen molar-refractivity contribution in [1.82, 2.24) is 0 Å². The van der Waals surface area contributed by atoms with E-state index >= 15 is 0 Å². The molecule has 114 valence electrons. The average Bonchev–Trinajstić information content (AvgIpc) is 2.49. The summed E-state index contributed by atoms with van der Waals surface area (Å²) in [6, 6.07) is 8.88. The van der Waals surface area contributed by atoms with Crippen molar-refractivity contribution >= 4 is 11.4 Å². The highest BCUT2D eigenvalue weighted by molar-refractivity contribution is 5.80. The van der Waals surface area contributed by atoms with Gasteiger partial charge in [-0.1, -0.05) is 48.7 Å². The van der Waals surface area contributed by atoms with Crippen molar-refractivity contribution in [2.24, 2.45) is 5.92 Å². The van der Waals surface area contributed by atoms with Gasteiger partial charge in [0.1, 0.15) is 5.78 Å². The smallest absolute Gasteiger partial charge is 0.133 e. The Bertz CT molecular complexity index is 507. The number of allylic oxidation sites excluding steroid dienone is 2. The topological polar surface area (TPSA) is 17.1 Å². The van der Waals surface area contributed by atoms with E-state index in [0.717, 1.165) is 25.7 Å². The first-order valence-corrected chi connectivity index (χ1v) is 8.40. The molecule has 1 aromatic rings. The normalized spacial score (nSPS) is 20.3. The third-order valence-corrected chi connectivity index (χ3v) is 4.75. The SMILES string of the molecule is CCCC/C(=C(/C)C1CCCC(=O)C1)c1ccc(C)cc1. The molecule has 0 N–H and O–H groups in total. The summed E-state index contributed by atoms with van der Waals surface area (Å²) < 4.78 is 0. The fourth-order valence-electron chi connectivity index (χ4n) is 3.32. The molecule has 1 atom stereocenters. The van der Waals surface area contributed by atoms with Crippen molar-refractivity contribution in [2.45, 2.75) is 65.7 Å². The highest BCUT2D eigenvalue weighted by atomic mass is 16.1. The summed E-state index contributed by atoms with van der Waals surface area (Å²) in [5.41, 5.74) is 5.60. The van der Waals surface area contributed by atoms with E-state index in [0.29, 0.717) is 11.7 Å². The Labute approximate surface area is 129 Å². The highest BCUT2D eigenvalue weighted by Crippen LogP contribution is 2.35. The third-order valence-electron chi connectivity index (χ3n) is 4.75. The lowest BCUT2D eigenvalue weighted by atomic mass is 9.80. The Morgan fingerprint density at radius 1 is 1.24 bits per heavy atom. The van der Waals surface area contributed by atoms with Gasteiger partial charge in [0.15, 0.2) is 0 Å². The zero-order chi connectivity index (χ0) is 15.2. The molecule has 0 spiro atoms. The van der Waals surface area contributed by atoms with Gasteiger partial charge in [-0.3, -0.25) is 4.79 Å². The van der Waals surface area contributed by atoms with Crippen LogP contribution in [0.1, 0.15) is 69.9 Å². The number of unbranched alkanes of at least 4 members (excludes halogenated alkanes) is 1. The maximum Gasteiger partial charge on any atom is 0.133 e. The van der Waals surface area contributed by atoms with E-state index in [9.17, 15) is 4.79 Å². The summed E-state index contributed by atoms with van der Waals surface area (Å²) in [7, 11) is 0. The van der Waals surface area contributed by atoms with Crippen LogP contribution in [0.2, 0.25) is 0 Å². The van der Waals surface area contributed by atoms with Crippen molar-refractivity contribution in [1.29, 1.82) is 0 Å². The fourth-order valence-corrected chi connectivity index (χ4v) is 3.32. The van der Waals surface area contributed by atoms with Gasteiger partial charge in [0.05, 0.1) is 0 Å². The monoisotopic (exact) mass is 284 g/mol. The van der Waals surface area contributed by atoms with Crippen LogP contribution in [0.15, 0.2) is 29.8 Å². The third kappa shape index (κ3) is 4.30. The molecule has 2 rings (SSSR count). The number of ketones is 1. The van der Waals surface area contributed by atoms with Crippen molar-refractivity contribution in [3.63, 3.8) is 0 Å². The lowest BCUT2D eigenvalue weighted by Gasteiger charge is -2.25. The Morgan fingerprint density at radius 3 is 2.57 bits per heavy atom. The number of carbonyl (C=O) groups excluding carboxylic acids is 1. The van der Waals surface area contributed by atoms with E-state index in [1.165, 1.54) is 41.5 Å². The number of carbonyl (C=O) groups is 1. The summed E-state index contributed by atoms with van der Waals surface area (Å²) >= 11 is 0. The summed E-state index contributed by atoms with van der Waals surface area (Å²) in [5.74, 6) is 0.920. The van der Waals surface area contributed by atoms with Crippen LogP contribution in [-0.4, -0.2) is 5.78 Å². The minimum Gasteiger partial charge on any atom is -0.300 e. The van der Waals surface area contributed by atoms with E-state index in [4.69, 9.17) is 0 Å². The average molecular weight is 284 g/mol. The van der Waals surface area contributed by atoms with Crippen molar-refractivity contribution in [3.05, 3.63) is 41.0 Å². The maximum atomic E-state index is 11.8. The molecular weight excluding hydrogens is 256 g/mol. The Morgan fingerprint density at radius 2 is 1.95 bits per heavy atom. The number of hydrogen-bond acceptors (Lipinski definition) is 1. The van der Waals surface area contributed by atoms with Crippen molar-refractivity contribution in [2.75, 3.05) is 0 Å². The van der Waals surface area contributed by atoms with Gasteiger partial charge in [0.25, 0.3) is 0 Å². The molecule has 1 unspecified atom stereocenters. The quantitative estimate of drug-likeness (QED) is 0.676. The molecule has 1 fully saturated rings. The molecule has 1 heteroatoms. The zero-order valence-electron chi connectivity index (χ0n) is 13.7. The van der Waals surface area contributed by atoms with Crippen molar-refractivity contribution in [3.8, 4) is 0 Å². The van der Waals surface area contributed by atoms with Gasteiger partial charge in [0, 0.05) is 12.8 Å². The minimum atomic E-state index is 0.448. The van der Waals surface area contributed by atoms with Crippen molar-refractivity contribution < 1.29 is 4.79 Å². The van der Waals surface area contributed by atoms with Crippen LogP contribution in [-0.2, 0) is 4.79 Å². The second-order valence-electron chi connectivity index (χ2n) is 6.46. The first kappa shape index (κ1) is 16.0. The van der Waals surface area contributed by atoms with Crippen LogP contribution in [0.25, 0.3) is 5.57 Å². The number of Topliss-reactive ketones (excluding diaryl/α,β-unsaturated/α-hetero) is 1. The molecule has 0 bridgehead atoms. The fraction of sp³-hybridized carbons (Fsp3) is 0.550. The molecule has 1 saturated carbocycles. The lowest BCUT2D eigenvalue weighted by Crippen LogP contribution is -2.16. The summed E-state index contributed by atoms with van der Waals surface area (Å²) in [4.78, 5) is 11.8. The minimum absolute atomic E-state index is 0.448. The standard InChI is InChI=1S/C20H28O/c1-4-5-9-20(17-12-10-15(2)11-13-17)16(3)18-7-6-8-19(21)14-18/h10-13,18H,4-9,14H2,1-3H3/b20-16+. The van der Waals surface area contributed by atoms with Crippen LogP contribution in [0.5, 0.6) is 0 Å². The lowest BCUT2D eigenvalue weighted by molar-refractivity contribution is -0.121. The van der Waals surface area contributed by atoms with E-state index in [-0.39, 0.29) is 0 Å². The van der Waals surface area contributed by atoms with Gasteiger partial charge in [-0.15, -0.1) is 0 Å². The molecule has 1 aliphatic carbocycles. The molecular formula is C20H28O. The molecule has 0 aromatic heterocycles. The Kier molecular flexibility index (Phi) is 5.78. The Balaban J connectivity index is 2.30. The molecule has 21 heavy (non-hydrogen) atoms.